The number of carbonyl (C=O) groups excluding carboxylic acids is 1. The number of hydrogen-bond donors (Lipinski definition) is 1. The van der Waals surface area contributed by atoms with E-state index in [0.29, 0.717) is 23.7 Å². The van der Waals surface area contributed by atoms with E-state index < -0.39 is 6.03 Å². The number of amides is 2. The zero-order valence-electron chi connectivity index (χ0n) is 16.5. The maximum atomic E-state index is 12.1. The van der Waals surface area contributed by atoms with Crippen LogP contribution in [0.15, 0.2) is 91.5 Å². The Labute approximate surface area is 178 Å². The summed E-state index contributed by atoms with van der Waals surface area (Å²) in [4.78, 5) is 22.3. The van der Waals surface area contributed by atoms with E-state index in [9.17, 15) is 4.79 Å². The molecule has 2 amide bonds. The molecule has 0 bridgehead atoms. The van der Waals surface area contributed by atoms with Gasteiger partial charge in [-0.25, -0.2) is 14.3 Å². The predicted molar refractivity (Wildman–Crippen MR) is 118 cm³/mol. The molecule has 0 atom stereocenters. The zero-order chi connectivity index (χ0) is 21.2. The van der Waals surface area contributed by atoms with Crippen molar-refractivity contribution < 1.29 is 4.79 Å². The predicted octanol–water partition coefficient (Wildman–Crippen LogP) is 3.67. The van der Waals surface area contributed by atoms with Crippen molar-refractivity contribution in [3.8, 4) is 17.2 Å². The van der Waals surface area contributed by atoms with Crippen LogP contribution >= 0.6 is 0 Å². The minimum absolute atomic E-state index is 0.335. The minimum atomic E-state index is -0.547. The Morgan fingerprint density at radius 3 is 2.55 bits per heavy atom. The number of nitrogens with two attached hydrogens (primary N) is 1. The summed E-state index contributed by atoms with van der Waals surface area (Å²) in [7, 11) is 0. The summed E-state index contributed by atoms with van der Waals surface area (Å²) < 4.78 is 3.70. The first-order chi connectivity index (χ1) is 15.2. The summed E-state index contributed by atoms with van der Waals surface area (Å²) in [6, 6.07) is 20.7. The third-order valence-electron chi connectivity index (χ3n) is 5.00. The smallest absolute Gasteiger partial charge is 0.319 e. The number of aromatic nitrogens is 5. The maximum Gasteiger partial charge on any atom is 0.319 e. The van der Waals surface area contributed by atoms with E-state index in [2.05, 4.69) is 15.1 Å². The molecule has 2 N–H and O–H groups in total. The van der Waals surface area contributed by atoms with E-state index in [4.69, 9.17) is 5.73 Å². The molecule has 4 heterocycles. The van der Waals surface area contributed by atoms with Gasteiger partial charge in [0.25, 0.3) is 0 Å². The summed E-state index contributed by atoms with van der Waals surface area (Å²) in [5.41, 5.74) is 9.78. The normalized spacial score (nSPS) is 11.0. The fourth-order valence-corrected chi connectivity index (χ4v) is 3.48. The Morgan fingerprint density at radius 1 is 0.968 bits per heavy atom. The van der Waals surface area contributed by atoms with E-state index in [1.807, 2.05) is 77.5 Å². The summed E-state index contributed by atoms with van der Waals surface area (Å²) in [6.07, 6.45) is 7.10. The van der Waals surface area contributed by atoms with Gasteiger partial charge in [0, 0.05) is 24.3 Å². The van der Waals surface area contributed by atoms with Crippen molar-refractivity contribution >= 4 is 17.4 Å². The highest BCUT2D eigenvalue weighted by Gasteiger charge is 2.16. The Balaban J connectivity index is 1.51. The number of benzene rings is 1. The Bertz CT molecular complexity index is 1340. The largest absolute Gasteiger partial charge is 0.351 e. The van der Waals surface area contributed by atoms with Crippen molar-refractivity contribution in [1.82, 2.24) is 24.1 Å². The van der Waals surface area contributed by atoms with Crippen LogP contribution in [0.2, 0.25) is 0 Å². The molecule has 0 aliphatic rings. The van der Waals surface area contributed by atoms with Gasteiger partial charge in [-0.15, -0.1) is 5.10 Å². The summed E-state index contributed by atoms with van der Waals surface area (Å²) >= 11 is 0. The second-order valence-electron chi connectivity index (χ2n) is 7.00. The van der Waals surface area contributed by atoms with Gasteiger partial charge < -0.3 is 10.3 Å². The number of pyridine rings is 2. The van der Waals surface area contributed by atoms with Crippen LogP contribution in [-0.2, 0) is 6.54 Å². The molecule has 0 saturated carbocycles. The topological polar surface area (TPSA) is 94.3 Å². The number of anilines is 1. The van der Waals surface area contributed by atoms with Crippen molar-refractivity contribution in [3.63, 3.8) is 0 Å². The summed E-state index contributed by atoms with van der Waals surface area (Å²) in [6.45, 7) is 0.335. The highest BCUT2D eigenvalue weighted by molar-refractivity contribution is 5.90. The Hall–Kier alpha value is -4.46. The lowest BCUT2D eigenvalue weighted by molar-refractivity contribution is 0.253. The van der Waals surface area contributed by atoms with E-state index in [1.165, 1.54) is 4.90 Å². The molecule has 0 aliphatic carbocycles. The van der Waals surface area contributed by atoms with Gasteiger partial charge in [-0.05, 0) is 54.1 Å². The molecule has 5 rings (SSSR count). The third kappa shape index (κ3) is 3.62. The molecule has 0 spiro atoms. The standard InChI is InChI=1S/C23H19N7O/c24-23(31)29(15-17-10-12-25-13-11-17)19-8-9-21-26-22(27-30(21)16-19)20-7-4-14-28(20)18-5-2-1-3-6-18/h1-14,16H,15H2,(H2,24,31). The number of rotatable bonds is 5. The van der Waals surface area contributed by atoms with Gasteiger partial charge in [-0.3, -0.25) is 9.88 Å². The van der Waals surface area contributed by atoms with Gasteiger partial charge in [0.2, 0.25) is 0 Å². The molecule has 5 aromatic rings. The van der Waals surface area contributed by atoms with Crippen LogP contribution in [0.25, 0.3) is 22.9 Å². The Morgan fingerprint density at radius 2 is 1.77 bits per heavy atom. The van der Waals surface area contributed by atoms with Crippen LogP contribution in [0.1, 0.15) is 5.56 Å². The average Bonchev–Trinajstić information content (AvgIpc) is 3.45. The molecule has 1 aromatic carbocycles. The van der Waals surface area contributed by atoms with Gasteiger partial charge in [-0.1, -0.05) is 18.2 Å². The molecule has 4 aromatic heterocycles. The first kappa shape index (κ1) is 18.6. The van der Waals surface area contributed by atoms with Crippen LogP contribution in [0, 0.1) is 0 Å². The molecule has 8 heteroatoms. The first-order valence-corrected chi connectivity index (χ1v) is 9.74. The highest BCUT2D eigenvalue weighted by Crippen LogP contribution is 2.23. The average molecular weight is 409 g/mol. The van der Waals surface area contributed by atoms with Gasteiger partial charge in [0.15, 0.2) is 11.5 Å². The monoisotopic (exact) mass is 409 g/mol. The fraction of sp³-hybridized carbons (Fsp3) is 0.0435. The van der Waals surface area contributed by atoms with E-state index >= 15 is 0 Å². The van der Waals surface area contributed by atoms with E-state index in [0.717, 1.165) is 16.9 Å². The van der Waals surface area contributed by atoms with Crippen LogP contribution < -0.4 is 10.6 Å². The number of fused-ring (bicyclic) bond motifs is 1. The van der Waals surface area contributed by atoms with Crippen LogP contribution in [0.5, 0.6) is 0 Å². The molecule has 31 heavy (non-hydrogen) atoms. The van der Waals surface area contributed by atoms with Crippen LogP contribution in [0.3, 0.4) is 0 Å². The molecule has 0 radical (unpaired) electrons. The number of primary amides is 1. The summed E-state index contributed by atoms with van der Waals surface area (Å²) in [5.74, 6) is 0.589. The van der Waals surface area contributed by atoms with Crippen molar-refractivity contribution in [2.75, 3.05) is 4.90 Å². The zero-order valence-corrected chi connectivity index (χ0v) is 16.5. The van der Waals surface area contributed by atoms with E-state index in [-0.39, 0.29) is 0 Å². The lowest BCUT2D eigenvalue weighted by atomic mass is 10.2. The molecule has 0 saturated heterocycles. The SMILES string of the molecule is NC(=O)N(Cc1ccncc1)c1ccc2nc(-c3cccn3-c3ccccc3)nn2c1. The van der Waals surface area contributed by atoms with Crippen molar-refractivity contribution in [3.05, 3.63) is 97.1 Å². The molecule has 0 unspecified atom stereocenters. The second-order valence-corrected chi connectivity index (χ2v) is 7.00. The number of nitrogens with zero attached hydrogens (tertiary/aromatic N) is 6. The highest BCUT2D eigenvalue weighted by atomic mass is 16.2. The van der Waals surface area contributed by atoms with Gasteiger partial charge in [0.1, 0.15) is 0 Å². The maximum absolute atomic E-state index is 12.1. The van der Waals surface area contributed by atoms with Crippen LogP contribution in [-0.4, -0.2) is 30.2 Å². The quantitative estimate of drug-likeness (QED) is 0.479. The number of hydrogen-bond acceptors (Lipinski definition) is 4. The molecular formula is C23H19N7O. The van der Waals surface area contributed by atoms with Crippen LogP contribution in [0.4, 0.5) is 10.5 Å². The number of para-hydroxylation sites is 1. The fourth-order valence-electron chi connectivity index (χ4n) is 3.48. The molecule has 8 nitrogen and oxygen atoms in total. The van der Waals surface area contributed by atoms with Crippen molar-refractivity contribution in [2.24, 2.45) is 5.73 Å². The van der Waals surface area contributed by atoms with Gasteiger partial charge in [0.05, 0.1) is 24.1 Å². The second kappa shape index (κ2) is 7.75. The van der Waals surface area contributed by atoms with Crippen molar-refractivity contribution in [2.45, 2.75) is 6.54 Å². The lowest BCUT2D eigenvalue weighted by Crippen LogP contribution is -2.35. The molecular weight excluding hydrogens is 390 g/mol. The molecule has 152 valence electrons. The minimum Gasteiger partial charge on any atom is -0.351 e. The van der Waals surface area contributed by atoms with Gasteiger partial charge >= 0.3 is 6.03 Å². The summed E-state index contributed by atoms with van der Waals surface area (Å²) in [5, 5.41) is 4.65. The molecule has 0 aliphatic heterocycles. The third-order valence-corrected chi connectivity index (χ3v) is 5.00. The molecule has 0 fully saturated rings. The van der Waals surface area contributed by atoms with E-state index in [1.54, 1.807) is 23.1 Å². The number of carbonyl (C=O) groups is 1. The lowest BCUT2D eigenvalue weighted by Gasteiger charge is -2.20. The number of urea groups is 1. The van der Waals surface area contributed by atoms with Gasteiger partial charge in [-0.2, -0.15) is 0 Å². The first-order valence-electron chi connectivity index (χ1n) is 9.74. The van der Waals surface area contributed by atoms with Crippen molar-refractivity contribution in [1.29, 1.82) is 0 Å². The Kier molecular flexibility index (Phi) is 4.64.